The number of amides is 1. The fourth-order valence-corrected chi connectivity index (χ4v) is 2.93. The number of ether oxygens (including phenoxy) is 1. The summed E-state index contributed by atoms with van der Waals surface area (Å²) in [5, 5.41) is 21.4. The van der Waals surface area contributed by atoms with E-state index in [4.69, 9.17) is 4.74 Å². The zero-order chi connectivity index (χ0) is 21.5. The van der Waals surface area contributed by atoms with E-state index in [0.29, 0.717) is 17.0 Å². The molecule has 2 N–H and O–H groups in total. The Kier molecular flexibility index (Phi) is 6.83. The number of aromatic hydroxyl groups is 1. The van der Waals surface area contributed by atoms with E-state index in [0.717, 1.165) is 10.0 Å². The summed E-state index contributed by atoms with van der Waals surface area (Å²) in [6.07, 6.45) is 1.43. The molecule has 0 radical (unpaired) electrons. The number of hydrogen-bond acceptors (Lipinski definition) is 4. The van der Waals surface area contributed by atoms with Gasteiger partial charge >= 0.3 is 0 Å². The Morgan fingerprint density at radius 3 is 2.50 bits per heavy atom. The Balaban J connectivity index is 1.81. The standard InChI is InChI=1S/C23H16BrFN2O3/c24-18-3-10-22(30-14-15-1-4-19(25)5-2-15)16(12-18)11-17(13-26)23(29)27-20-6-8-21(28)9-7-20/h1-12,28H,14H2,(H,27,29)/b17-11+. The molecule has 0 aliphatic rings. The van der Waals surface area contributed by atoms with E-state index in [1.807, 2.05) is 6.07 Å². The van der Waals surface area contributed by atoms with Gasteiger partial charge in [0.05, 0.1) is 0 Å². The van der Waals surface area contributed by atoms with Crippen LogP contribution in [0, 0.1) is 17.1 Å². The van der Waals surface area contributed by atoms with E-state index in [1.54, 1.807) is 30.3 Å². The van der Waals surface area contributed by atoms with E-state index in [2.05, 4.69) is 21.2 Å². The quantitative estimate of drug-likeness (QED) is 0.288. The number of benzene rings is 3. The minimum atomic E-state index is -0.590. The molecule has 0 aliphatic carbocycles. The average molecular weight is 467 g/mol. The summed E-state index contributed by atoms with van der Waals surface area (Å²) < 4.78 is 19.6. The topological polar surface area (TPSA) is 82.3 Å². The molecular weight excluding hydrogens is 451 g/mol. The number of phenolic OH excluding ortho intramolecular Hbond substituents is 1. The van der Waals surface area contributed by atoms with Gasteiger partial charge in [0.15, 0.2) is 0 Å². The average Bonchev–Trinajstić information content (AvgIpc) is 2.74. The summed E-state index contributed by atoms with van der Waals surface area (Å²) in [7, 11) is 0. The minimum Gasteiger partial charge on any atom is -0.508 e. The van der Waals surface area contributed by atoms with Gasteiger partial charge in [-0.1, -0.05) is 28.1 Å². The van der Waals surface area contributed by atoms with Gasteiger partial charge in [0.2, 0.25) is 0 Å². The van der Waals surface area contributed by atoms with Crippen LogP contribution in [-0.2, 0) is 11.4 Å². The zero-order valence-corrected chi connectivity index (χ0v) is 17.2. The maximum Gasteiger partial charge on any atom is 0.266 e. The molecule has 0 aromatic heterocycles. The number of anilines is 1. The molecule has 0 bridgehead atoms. The smallest absolute Gasteiger partial charge is 0.266 e. The third-order valence-corrected chi connectivity index (χ3v) is 4.56. The van der Waals surface area contributed by atoms with Crippen LogP contribution < -0.4 is 10.1 Å². The highest BCUT2D eigenvalue weighted by atomic mass is 79.9. The van der Waals surface area contributed by atoms with Gasteiger partial charge in [-0.2, -0.15) is 5.26 Å². The number of carbonyl (C=O) groups excluding carboxylic acids is 1. The first-order valence-electron chi connectivity index (χ1n) is 8.83. The lowest BCUT2D eigenvalue weighted by molar-refractivity contribution is -0.112. The summed E-state index contributed by atoms with van der Waals surface area (Å²) in [5.74, 6) is -0.384. The highest BCUT2D eigenvalue weighted by Gasteiger charge is 2.12. The molecule has 3 rings (SSSR count). The molecular formula is C23H16BrFN2O3. The van der Waals surface area contributed by atoms with Crippen molar-refractivity contribution in [1.29, 1.82) is 5.26 Å². The predicted molar refractivity (Wildman–Crippen MR) is 115 cm³/mol. The number of hydrogen-bond donors (Lipinski definition) is 2. The van der Waals surface area contributed by atoms with E-state index in [1.165, 1.54) is 42.5 Å². The second-order valence-electron chi connectivity index (χ2n) is 6.27. The second-order valence-corrected chi connectivity index (χ2v) is 7.18. The van der Waals surface area contributed by atoms with Crippen LogP contribution >= 0.6 is 15.9 Å². The number of nitrogens with zero attached hydrogens (tertiary/aromatic N) is 1. The van der Waals surface area contributed by atoms with Crippen LogP contribution in [0.15, 0.2) is 76.8 Å². The van der Waals surface area contributed by atoms with Crippen LogP contribution in [0.4, 0.5) is 10.1 Å². The van der Waals surface area contributed by atoms with Crippen molar-refractivity contribution in [3.8, 4) is 17.6 Å². The van der Waals surface area contributed by atoms with Crippen LogP contribution in [-0.4, -0.2) is 11.0 Å². The monoisotopic (exact) mass is 466 g/mol. The maximum absolute atomic E-state index is 13.1. The van der Waals surface area contributed by atoms with Crippen molar-refractivity contribution >= 4 is 33.6 Å². The second kappa shape index (κ2) is 9.72. The van der Waals surface area contributed by atoms with Crippen molar-refractivity contribution < 1.29 is 19.0 Å². The number of rotatable bonds is 6. The van der Waals surface area contributed by atoms with Crippen LogP contribution in [0.5, 0.6) is 11.5 Å². The number of nitriles is 1. The van der Waals surface area contributed by atoms with E-state index >= 15 is 0 Å². The lowest BCUT2D eigenvalue weighted by atomic mass is 10.1. The normalized spacial score (nSPS) is 10.9. The summed E-state index contributed by atoms with van der Waals surface area (Å²) in [6.45, 7) is 0.199. The fraction of sp³-hybridized carbons (Fsp3) is 0.0435. The highest BCUT2D eigenvalue weighted by molar-refractivity contribution is 9.10. The summed E-state index contributed by atoms with van der Waals surface area (Å²) in [6, 6.07) is 19.0. The molecule has 3 aromatic rings. The molecule has 150 valence electrons. The number of nitrogens with one attached hydrogen (secondary N) is 1. The molecule has 0 saturated carbocycles. The van der Waals surface area contributed by atoms with Gasteiger partial charge in [-0.25, -0.2) is 4.39 Å². The molecule has 0 unspecified atom stereocenters. The van der Waals surface area contributed by atoms with Crippen molar-refractivity contribution in [2.75, 3.05) is 5.32 Å². The third-order valence-electron chi connectivity index (χ3n) is 4.07. The third kappa shape index (κ3) is 5.69. The molecule has 1 amide bonds. The van der Waals surface area contributed by atoms with Gasteiger partial charge in [-0.05, 0) is 66.2 Å². The van der Waals surface area contributed by atoms with Crippen molar-refractivity contribution in [3.63, 3.8) is 0 Å². The zero-order valence-electron chi connectivity index (χ0n) is 15.6. The SMILES string of the molecule is N#C/C(=C\c1cc(Br)ccc1OCc1ccc(F)cc1)C(=O)Nc1ccc(O)cc1. The maximum atomic E-state index is 13.1. The van der Waals surface area contributed by atoms with Crippen molar-refractivity contribution in [2.45, 2.75) is 6.61 Å². The summed E-state index contributed by atoms with van der Waals surface area (Å²) >= 11 is 3.38. The van der Waals surface area contributed by atoms with E-state index in [9.17, 15) is 19.6 Å². The number of phenols is 1. The molecule has 0 heterocycles. The van der Waals surface area contributed by atoms with Crippen molar-refractivity contribution in [2.24, 2.45) is 0 Å². The van der Waals surface area contributed by atoms with E-state index < -0.39 is 5.91 Å². The first-order valence-corrected chi connectivity index (χ1v) is 9.63. The summed E-state index contributed by atoms with van der Waals surface area (Å²) in [4.78, 5) is 12.5. The Hall–Kier alpha value is -3.63. The number of halogens is 2. The van der Waals surface area contributed by atoms with E-state index in [-0.39, 0.29) is 23.7 Å². The van der Waals surface area contributed by atoms with Gasteiger partial charge in [0, 0.05) is 15.7 Å². The minimum absolute atomic E-state index is 0.0705. The Morgan fingerprint density at radius 1 is 1.13 bits per heavy atom. The van der Waals surface area contributed by atoms with Gasteiger partial charge in [-0.15, -0.1) is 0 Å². The van der Waals surface area contributed by atoms with Crippen LogP contribution in [0.3, 0.4) is 0 Å². The van der Waals surface area contributed by atoms with Crippen LogP contribution in [0.1, 0.15) is 11.1 Å². The Morgan fingerprint density at radius 2 is 1.83 bits per heavy atom. The van der Waals surface area contributed by atoms with Crippen LogP contribution in [0.2, 0.25) is 0 Å². The van der Waals surface area contributed by atoms with Gasteiger partial charge in [0.1, 0.15) is 35.6 Å². The van der Waals surface area contributed by atoms with Crippen molar-refractivity contribution in [3.05, 3.63) is 93.7 Å². The Bertz CT molecular complexity index is 1120. The molecule has 30 heavy (non-hydrogen) atoms. The highest BCUT2D eigenvalue weighted by Crippen LogP contribution is 2.27. The van der Waals surface area contributed by atoms with Gasteiger partial charge in [0.25, 0.3) is 5.91 Å². The van der Waals surface area contributed by atoms with Gasteiger partial charge in [-0.3, -0.25) is 4.79 Å². The lowest BCUT2D eigenvalue weighted by Crippen LogP contribution is -2.13. The van der Waals surface area contributed by atoms with Crippen molar-refractivity contribution in [1.82, 2.24) is 0 Å². The number of carbonyl (C=O) groups is 1. The lowest BCUT2D eigenvalue weighted by Gasteiger charge is -2.11. The largest absolute Gasteiger partial charge is 0.508 e. The first-order chi connectivity index (χ1) is 14.4. The molecule has 3 aromatic carbocycles. The molecule has 0 atom stereocenters. The fourth-order valence-electron chi connectivity index (χ4n) is 2.55. The first kappa shape index (κ1) is 21.1. The molecule has 5 nitrogen and oxygen atoms in total. The molecule has 0 aliphatic heterocycles. The molecule has 0 spiro atoms. The van der Waals surface area contributed by atoms with Crippen LogP contribution in [0.25, 0.3) is 6.08 Å². The predicted octanol–water partition coefficient (Wildman–Crippen LogP) is 5.42. The molecule has 0 saturated heterocycles. The summed E-state index contributed by atoms with van der Waals surface area (Å²) in [5.41, 5.74) is 1.64. The Labute approximate surface area is 181 Å². The van der Waals surface area contributed by atoms with Gasteiger partial charge < -0.3 is 15.2 Å². The molecule has 7 heteroatoms. The molecule has 0 fully saturated rings.